The van der Waals surface area contributed by atoms with Gasteiger partial charge < -0.3 is 19.7 Å². The summed E-state index contributed by atoms with van der Waals surface area (Å²) >= 11 is 0. The molecule has 6 nitrogen and oxygen atoms in total. The number of ether oxygens (including phenoxy) is 2. The standard InChI is InChI=1S/C20H22N2O4/c1-25-17-10-6-5-9-16(17)21-19(23)13-18-20(24)22(11-12-26-18)14-15-7-3-2-4-8-15/h2-10,18H,11-14H2,1H3,(H,21,23)/t18-/m0/s1. The molecule has 2 aromatic carbocycles. The summed E-state index contributed by atoms with van der Waals surface area (Å²) in [6.45, 7) is 1.47. The lowest BCUT2D eigenvalue weighted by molar-refractivity contribution is -0.155. The first-order valence-corrected chi connectivity index (χ1v) is 8.54. The molecule has 1 aliphatic rings. The lowest BCUT2D eigenvalue weighted by atomic mass is 10.1. The van der Waals surface area contributed by atoms with Crippen LogP contribution in [0.25, 0.3) is 0 Å². The van der Waals surface area contributed by atoms with E-state index >= 15 is 0 Å². The largest absolute Gasteiger partial charge is 0.495 e. The molecule has 26 heavy (non-hydrogen) atoms. The third-order valence-corrected chi connectivity index (χ3v) is 4.24. The van der Waals surface area contributed by atoms with E-state index in [4.69, 9.17) is 9.47 Å². The van der Waals surface area contributed by atoms with Crippen LogP contribution in [0.15, 0.2) is 54.6 Å². The number of nitrogens with zero attached hydrogens (tertiary/aromatic N) is 1. The number of benzene rings is 2. The van der Waals surface area contributed by atoms with Crippen LogP contribution in [0.4, 0.5) is 5.69 Å². The molecule has 1 aliphatic heterocycles. The molecule has 0 saturated carbocycles. The first-order valence-electron chi connectivity index (χ1n) is 8.54. The fourth-order valence-corrected chi connectivity index (χ4v) is 2.91. The van der Waals surface area contributed by atoms with Crippen molar-refractivity contribution in [2.75, 3.05) is 25.6 Å². The molecule has 6 heteroatoms. The van der Waals surface area contributed by atoms with Crippen LogP contribution in [0.5, 0.6) is 5.75 Å². The summed E-state index contributed by atoms with van der Waals surface area (Å²) in [5.74, 6) is 0.132. The minimum absolute atomic E-state index is 0.0256. The van der Waals surface area contributed by atoms with Crippen molar-refractivity contribution in [2.24, 2.45) is 0 Å². The van der Waals surface area contributed by atoms with E-state index in [1.165, 1.54) is 0 Å². The second kappa shape index (κ2) is 8.49. The highest BCUT2D eigenvalue weighted by Crippen LogP contribution is 2.23. The Balaban J connectivity index is 1.60. The number of rotatable bonds is 6. The van der Waals surface area contributed by atoms with Crippen molar-refractivity contribution < 1.29 is 19.1 Å². The van der Waals surface area contributed by atoms with Crippen LogP contribution in [0, 0.1) is 0 Å². The fourth-order valence-electron chi connectivity index (χ4n) is 2.91. The number of hydrogen-bond acceptors (Lipinski definition) is 4. The summed E-state index contributed by atoms with van der Waals surface area (Å²) in [5.41, 5.74) is 1.63. The van der Waals surface area contributed by atoms with E-state index < -0.39 is 6.10 Å². The molecule has 1 atom stereocenters. The van der Waals surface area contributed by atoms with E-state index in [2.05, 4.69) is 5.32 Å². The highest BCUT2D eigenvalue weighted by atomic mass is 16.5. The first kappa shape index (κ1) is 17.9. The molecule has 3 rings (SSSR count). The van der Waals surface area contributed by atoms with Crippen molar-refractivity contribution in [3.05, 3.63) is 60.2 Å². The molecular formula is C20H22N2O4. The monoisotopic (exact) mass is 354 g/mol. The topological polar surface area (TPSA) is 67.9 Å². The van der Waals surface area contributed by atoms with Crippen molar-refractivity contribution in [1.29, 1.82) is 0 Å². The van der Waals surface area contributed by atoms with Gasteiger partial charge in [-0.25, -0.2) is 0 Å². The first-order chi connectivity index (χ1) is 12.7. The Morgan fingerprint density at radius 3 is 2.69 bits per heavy atom. The maximum atomic E-state index is 12.6. The molecule has 2 amide bonds. The summed E-state index contributed by atoms with van der Waals surface area (Å²) in [4.78, 5) is 26.7. The van der Waals surface area contributed by atoms with Crippen molar-refractivity contribution in [2.45, 2.75) is 19.1 Å². The van der Waals surface area contributed by atoms with Gasteiger partial charge in [-0.3, -0.25) is 9.59 Å². The lowest BCUT2D eigenvalue weighted by Gasteiger charge is -2.32. The van der Waals surface area contributed by atoms with Gasteiger partial charge in [-0.05, 0) is 17.7 Å². The molecule has 0 radical (unpaired) electrons. The number of morpholine rings is 1. The van der Waals surface area contributed by atoms with E-state index in [0.29, 0.717) is 31.1 Å². The van der Waals surface area contributed by atoms with Gasteiger partial charge >= 0.3 is 0 Å². The van der Waals surface area contributed by atoms with Crippen LogP contribution in [0.3, 0.4) is 0 Å². The van der Waals surface area contributed by atoms with Crippen molar-refractivity contribution in [3.8, 4) is 5.75 Å². The Hall–Kier alpha value is -2.86. The second-order valence-electron chi connectivity index (χ2n) is 6.06. The van der Waals surface area contributed by atoms with Crippen LogP contribution in [0.2, 0.25) is 0 Å². The third-order valence-electron chi connectivity index (χ3n) is 4.24. The third kappa shape index (κ3) is 4.40. The number of methoxy groups -OCH3 is 1. The Morgan fingerprint density at radius 1 is 1.19 bits per heavy atom. The molecule has 0 aromatic heterocycles. The van der Waals surface area contributed by atoms with Gasteiger partial charge in [0.2, 0.25) is 5.91 Å². The van der Waals surface area contributed by atoms with Gasteiger partial charge in [0.05, 0.1) is 25.8 Å². The van der Waals surface area contributed by atoms with E-state index in [1.54, 1.807) is 24.1 Å². The Kier molecular flexibility index (Phi) is 5.86. The van der Waals surface area contributed by atoms with Gasteiger partial charge in [0.25, 0.3) is 5.91 Å². The van der Waals surface area contributed by atoms with Crippen LogP contribution in [-0.4, -0.2) is 43.1 Å². The molecule has 0 aliphatic carbocycles. The highest BCUT2D eigenvalue weighted by molar-refractivity contribution is 5.96. The number of para-hydroxylation sites is 2. The summed E-state index contributed by atoms with van der Waals surface area (Å²) in [7, 11) is 1.54. The van der Waals surface area contributed by atoms with Crippen LogP contribution >= 0.6 is 0 Å². The predicted octanol–water partition coefficient (Wildman–Crippen LogP) is 2.45. The Labute approximate surface area is 152 Å². The smallest absolute Gasteiger partial charge is 0.252 e. The van der Waals surface area contributed by atoms with Crippen LogP contribution < -0.4 is 10.1 Å². The van der Waals surface area contributed by atoms with Gasteiger partial charge in [-0.2, -0.15) is 0 Å². The summed E-state index contributed by atoms with van der Waals surface area (Å²) in [6.07, 6.45) is -0.788. The normalized spacial score (nSPS) is 17.0. The molecule has 0 bridgehead atoms. The van der Waals surface area contributed by atoms with E-state index in [9.17, 15) is 9.59 Å². The molecule has 1 fully saturated rings. The van der Waals surface area contributed by atoms with Crippen LogP contribution in [0.1, 0.15) is 12.0 Å². The number of amides is 2. The van der Waals surface area contributed by atoms with Crippen LogP contribution in [-0.2, 0) is 20.9 Å². The van der Waals surface area contributed by atoms with Crippen molar-refractivity contribution in [3.63, 3.8) is 0 Å². The Bertz CT molecular complexity index is 763. The molecule has 1 heterocycles. The van der Waals surface area contributed by atoms with Gasteiger partial charge in [-0.1, -0.05) is 42.5 Å². The summed E-state index contributed by atoms with van der Waals surface area (Å²) in [6, 6.07) is 16.9. The number of hydrogen-bond donors (Lipinski definition) is 1. The van der Waals surface area contributed by atoms with Crippen molar-refractivity contribution >= 4 is 17.5 Å². The minimum atomic E-state index is -0.762. The molecule has 136 valence electrons. The fraction of sp³-hybridized carbons (Fsp3) is 0.300. The van der Waals surface area contributed by atoms with Gasteiger partial charge in [0.1, 0.15) is 11.9 Å². The number of nitrogens with one attached hydrogen (secondary N) is 1. The Morgan fingerprint density at radius 2 is 1.92 bits per heavy atom. The molecule has 1 saturated heterocycles. The maximum absolute atomic E-state index is 12.6. The highest BCUT2D eigenvalue weighted by Gasteiger charge is 2.31. The summed E-state index contributed by atoms with van der Waals surface area (Å²) in [5, 5.41) is 2.78. The molecule has 0 unspecified atom stereocenters. The zero-order chi connectivity index (χ0) is 18.4. The molecule has 2 aromatic rings. The number of anilines is 1. The maximum Gasteiger partial charge on any atom is 0.252 e. The predicted molar refractivity (Wildman–Crippen MR) is 97.8 cm³/mol. The molecular weight excluding hydrogens is 332 g/mol. The quantitative estimate of drug-likeness (QED) is 0.865. The van der Waals surface area contributed by atoms with Gasteiger partial charge in [0, 0.05) is 13.1 Å². The lowest BCUT2D eigenvalue weighted by Crippen LogP contribution is -2.48. The van der Waals surface area contributed by atoms with E-state index in [0.717, 1.165) is 5.56 Å². The average Bonchev–Trinajstić information content (AvgIpc) is 2.66. The van der Waals surface area contributed by atoms with E-state index in [-0.39, 0.29) is 18.2 Å². The number of carbonyl (C=O) groups is 2. The zero-order valence-electron chi connectivity index (χ0n) is 14.7. The number of carbonyl (C=O) groups excluding carboxylic acids is 2. The average molecular weight is 354 g/mol. The molecule has 0 spiro atoms. The zero-order valence-corrected chi connectivity index (χ0v) is 14.7. The SMILES string of the molecule is COc1ccccc1NC(=O)C[C@@H]1OCCN(Cc2ccccc2)C1=O. The summed E-state index contributed by atoms with van der Waals surface area (Å²) < 4.78 is 10.8. The second-order valence-corrected chi connectivity index (χ2v) is 6.06. The van der Waals surface area contributed by atoms with Crippen molar-refractivity contribution in [1.82, 2.24) is 4.90 Å². The van der Waals surface area contributed by atoms with E-state index in [1.807, 2.05) is 42.5 Å². The van der Waals surface area contributed by atoms with Gasteiger partial charge in [-0.15, -0.1) is 0 Å². The molecule has 1 N–H and O–H groups in total. The van der Waals surface area contributed by atoms with Gasteiger partial charge in [0.15, 0.2) is 0 Å². The minimum Gasteiger partial charge on any atom is -0.495 e.